The molecular weight excluding hydrogens is 274 g/mol. The standard InChI is InChI=1S/C15H23NO3S/c1-10-8-12(11(2)20-10)6-5-7-13(17)16-9-15(3,4)14(18)19/h8H,5-7,9H2,1-4H3,(H,16,17)(H,18,19). The van der Waals surface area contributed by atoms with Crippen molar-refractivity contribution in [3.63, 3.8) is 0 Å². The highest BCUT2D eigenvalue weighted by atomic mass is 32.1. The number of carboxylic acids is 1. The maximum absolute atomic E-state index is 11.7. The number of amides is 1. The molecule has 0 atom stereocenters. The van der Waals surface area contributed by atoms with E-state index in [1.807, 2.05) is 0 Å². The molecule has 0 saturated heterocycles. The lowest BCUT2D eigenvalue weighted by molar-refractivity contribution is -0.146. The minimum absolute atomic E-state index is 0.0797. The van der Waals surface area contributed by atoms with Gasteiger partial charge < -0.3 is 10.4 Å². The van der Waals surface area contributed by atoms with Crippen molar-refractivity contribution in [3.8, 4) is 0 Å². The summed E-state index contributed by atoms with van der Waals surface area (Å²) in [6, 6.07) is 2.17. The van der Waals surface area contributed by atoms with Crippen molar-refractivity contribution in [1.29, 1.82) is 0 Å². The number of aryl methyl sites for hydroxylation is 3. The summed E-state index contributed by atoms with van der Waals surface area (Å²) in [5, 5.41) is 11.7. The fourth-order valence-electron chi connectivity index (χ4n) is 1.85. The van der Waals surface area contributed by atoms with E-state index in [4.69, 9.17) is 5.11 Å². The first kappa shape index (κ1) is 16.7. The molecule has 0 aromatic carbocycles. The summed E-state index contributed by atoms with van der Waals surface area (Å²) >= 11 is 1.78. The van der Waals surface area contributed by atoms with Crippen molar-refractivity contribution in [2.75, 3.05) is 6.54 Å². The van der Waals surface area contributed by atoms with Gasteiger partial charge in [0.15, 0.2) is 0 Å². The van der Waals surface area contributed by atoms with Gasteiger partial charge in [-0.3, -0.25) is 9.59 Å². The molecule has 2 N–H and O–H groups in total. The number of rotatable bonds is 7. The van der Waals surface area contributed by atoms with Crippen LogP contribution >= 0.6 is 11.3 Å². The molecule has 0 aliphatic carbocycles. The van der Waals surface area contributed by atoms with Crippen LogP contribution in [0.4, 0.5) is 0 Å². The summed E-state index contributed by atoms with van der Waals surface area (Å²) in [5.41, 5.74) is 0.391. The number of carboxylic acid groups (broad SMARTS) is 1. The Hall–Kier alpha value is -1.36. The van der Waals surface area contributed by atoms with Crippen molar-refractivity contribution in [1.82, 2.24) is 5.32 Å². The summed E-state index contributed by atoms with van der Waals surface area (Å²) in [4.78, 5) is 25.2. The number of nitrogens with one attached hydrogen (secondary N) is 1. The predicted octanol–water partition coefficient (Wildman–Crippen LogP) is 2.91. The number of aliphatic carboxylic acids is 1. The second-order valence-corrected chi connectivity index (χ2v) is 7.22. The molecule has 20 heavy (non-hydrogen) atoms. The largest absolute Gasteiger partial charge is 0.481 e. The van der Waals surface area contributed by atoms with Gasteiger partial charge in [0.1, 0.15) is 0 Å². The highest BCUT2D eigenvalue weighted by Gasteiger charge is 2.27. The third kappa shape index (κ3) is 4.96. The Labute approximate surface area is 124 Å². The van der Waals surface area contributed by atoms with Crippen LogP contribution in [0.25, 0.3) is 0 Å². The highest BCUT2D eigenvalue weighted by molar-refractivity contribution is 7.12. The molecular formula is C15H23NO3S. The SMILES string of the molecule is Cc1cc(CCCC(=O)NCC(C)(C)C(=O)O)c(C)s1. The maximum atomic E-state index is 11.7. The van der Waals surface area contributed by atoms with E-state index >= 15 is 0 Å². The van der Waals surface area contributed by atoms with E-state index < -0.39 is 11.4 Å². The minimum Gasteiger partial charge on any atom is -0.481 e. The zero-order valence-corrected chi connectivity index (χ0v) is 13.4. The number of carbonyl (C=O) groups is 2. The fraction of sp³-hybridized carbons (Fsp3) is 0.600. The predicted molar refractivity (Wildman–Crippen MR) is 81.2 cm³/mol. The van der Waals surface area contributed by atoms with Gasteiger partial charge in [0, 0.05) is 22.7 Å². The van der Waals surface area contributed by atoms with Crippen LogP contribution in [-0.4, -0.2) is 23.5 Å². The van der Waals surface area contributed by atoms with Gasteiger partial charge in [0.25, 0.3) is 0 Å². The van der Waals surface area contributed by atoms with Gasteiger partial charge in [-0.25, -0.2) is 0 Å². The molecule has 1 aromatic heterocycles. The van der Waals surface area contributed by atoms with Gasteiger partial charge in [-0.15, -0.1) is 11.3 Å². The zero-order chi connectivity index (χ0) is 15.3. The first-order valence-electron chi connectivity index (χ1n) is 6.78. The average Bonchev–Trinajstić information content (AvgIpc) is 2.65. The molecule has 4 nitrogen and oxygen atoms in total. The molecule has 0 aliphatic rings. The lowest BCUT2D eigenvalue weighted by Gasteiger charge is -2.19. The zero-order valence-electron chi connectivity index (χ0n) is 12.6. The molecule has 1 aromatic rings. The van der Waals surface area contributed by atoms with E-state index in [2.05, 4.69) is 25.2 Å². The molecule has 0 aliphatic heterocycles. The van der Waals surface area contributed by atoms with E-state index in [0.29, 0.717) is 6.42 Å². The van der Waals surface area contributed by atoms with Crippen LogP contribution in [-0.2, 0) is 16.0 Å². The quantitative estimate of drug-likeness (QED) is 0.813. The van der Waals surface area contributed by atoms with Crippen LogP contribution < -0.4 is 5.32 Å². The van der Waals surface area contributed by atoms with Crippen LogP contribution in [0, 0.1) is 19.3 Å². The molecule has 0 radical (unpaired) electrons. The Morgan fingerprint density at radius 2 is 2.00 bits per heavy atom. The monoisotopic (exact) mass is 297 g/mol. The van der Waals surface area contributed by atoms with Crippen molar-refractivity contribution in [2.24, 2.45) is 5.41 Å². The Balaban J connectivity index is 2.31. The van der Waals surface area contributed by atoms with Gasteiger partial charge in [-0.05, 0) is 52.2 Å². The first-order valence-corrected chi connectivity index (χ1v) is 7.60. The van der Waals surface area contributed by atoms with Gasteiger partial charge in [-0.1, -0.05) is 0 Å². The molecule has 0 unspecified atom stereocenters. The van der Waals surface area contributed by atoms with Crippen molar-refractivity contribution in [3.05, 3.63) is 21.4 Å². The maximum Gasteiger partial charge on any atom is 0.310 e. The van der Waals surface area contributed by atoms with Crippen LogP contribution in [0.15, 0.2) is 6.07 Å². The lowest BCUT2D eigenvalue weighted by atomic mass is 9.94. The van der Waals surface area contributed by atoms with Crippen molar-refractivity contribution >= 4 is 23.2 Å². The van der Waals surface area contributed by atoms with Gasteiger partial charge in [0.05, 0.1) is 5.41 Å². The van der Waals surface area contributed by atoms with Gasteiger partial charge in [-0.2, -0.15) is 0 Å². The van der Waals surface area contributed by atoms with Crippen LogP contribution in [0.2, 0.25) is 0 Å². The summed E-state index contributed by atoms with van der Waals surface area (Å²) < 4.78 is 0. The minimum atomic E-state index is -0.920. The Morgan fingerprint density at radius 3 is 2.50 bits per heavy atom. The number of carbonyl (C=O) groups excluding carboxylic acids is 1. The van der Waals surface area contributed by atoms with Crippen molar-refractivity contribution < 1.29 is 14.7 Å². The third-order valence-electron chi connectivity index (χ3n) is 3.30. The second kappa shape index (κ2) is 6.88. The fourth-order valence-corrected chi connectivity index (χ4v) is 2.83. The molecule has 0 spiro atoms. The van der Waals surface area contributed by atoms with E-state index in [1.165, 1.54) is 15.3 Å². The molecule has 112 valence electrons. The van der Waals surface area contributed by atoms with Crippen LogP contribution in [0.1, 0.15) is 42.0 Å². The van der Waals surface area contributed by atoms with E-state index in [0.717, 1.165) is 12.8 Å². The molecule has 0 saturated carbocycles. The molecule has 5 heteroatoms. The normalized spacial score (nSPS) is 11.4. The number of hydrogen-bond donors (Lipinski definition) is 2. The summed E-state index contributed by atoms with van der Waals surface area (Å²) in [7, 11) is 0. The van der Waals surface area contributed by atoms with Gasteiger partial charge in [0.2, 0.25) is 5.91 Å². The van der Waals surface area contributed by atoms with Crippen LogP contribution in [0.3, 0.4) is 0 Å². The molecule has 0 bridgehead atoms. The van der Waals surface area contributed by atoms with Crippen LogP contribution in [0.5, 0.6) is 0 Å². The topological polar surface area (TPSA) is 66.4 Å². The third-order valence-corrected chi connectivity index (χ3v) is 4.31. The Kier molecular flexibility index (Phi) is 5.74. The summed E-state index contributed by atoms with van der Waals surface area (Å²) in [5.74, 6) is -0.980. The highest BCUT2D eigenvalue weighted by Crippen LogP contribution is 2.22. The van der Waals surface area contributed by atoms with E-state index in [9.17, 15) is 9.59 Å². The smallest absolute Gasteiger partial charge is 0.310 e. The average molecular weight is 297 g/mol. The summed E-state index contributed by atoms with van der Waals surface area (Å²) in [6.45, 7) is 7.56. The molecule has 0 fully saturated rings. The number of thiophene rings is 1. The van der Waals surface area contributed by atoms with Gasteiger partial charge >= 0.3 is 5.97 Å². The number of hydrogen-bond acceptors (Lipinski definition) is 3. The van der Waals surface area contributed by atoms with E-state index in [-0.39, 0.29) is 12.5 Å². The Bertz CT molecular complexity index is 491. The van der Waals surface area contributed by atoms with Crippen molar-refractivity contribution in [2.45, 2.75) is 47.0 Å². The molecule has 1 heterocycles. The Morgan fingerprint density at radius 1 is 1.35 bits per heavy atom. The summed E-state index contributed by atoms with van der Waals surface area (Å²) in [6.07, 6.45) is 2.12. The molecule has 1 amide bonds. The molecule has 1 rings (SSSR count). The first-order chi connectivity index (χ1) is 9.22. The lowest BCUT2D eigenvalue weighted by Crippen LogP contribution is -2.38. The van der Waals surface area contributed by atoms with E-state index in [1.54, 1.807) is 25.2 Å². The second-order valence-electron chi connectivity index (χ2n) is 5.76.